The van der Waals surface area contributed by atoms with Crippen molar-refractivity contribution in [1.29, 1.82) is 5.26 Å². The van der Waals surface area contributed by atoms with Crippen molar-refractivity contribution in [1.82, 2.24) is 5.32 Å². The number of thioether (sulfide) groups is 1. The van der Waals surface area contributed by atoms with Gasteiger partial charge in [0.25, 0.3) is 0 Å². The predicted molar refractivity (Wildman–Crippen MR) is 62.3 cm³/mol. The van der Waals surface area contributed by atoms with Gasteiger partial charge in [0.2, 0.25) is 0 Å². The number of aliphatic imine (C=N–C) groups is 1. The second-order valence-corrected chi connectivity index (χ2v) is 3.47. The van der Waals surface area contributed by atoms with E-state index in [-0.39, 0.29) is 0 Å². The first-order chi connectivity index (χ1) is 7.71. The molecule has 16 heavy (non-hydrogen) atoms. The van der Waals surface area contributed by atoms with E-state index in [1.165, 1.54) is 37.1 Å². The van der Waals surface area contributed by atoms with Gasteiger partial charge in [0.15, 0.2) is 11.4 Å². The molecule has 0 heterocycles. The zero-order valence-corrected chi connectivity index (χ0v) is 9.64. The standard InChI is InChI=1S/C10H10FN3OS/c1-15-9-4-3-7(11)5-8(9)14-10(16-2)13-6-12/h3-5H,1-2H3,(H,13,14). The van der Waals surface area contributed by atoms with Crippen LogP contribution in [0.1, 0.15) is 0 Å². The van der Waals surface area contributed by atoms with Gasteiger partial charge in [-0.1, -0.05) is 11.8 Å². The number of amidine groups is 1. The molecule has 0 saturated carbocycles. The summed E-state index contributed by atoms with van der Waals surface area (Å²) in [6.07, 6.45) is 3.51. The summed E-state index contributed by atoms with van der Waals surface area (Å²) < 4.78 is 18.0. The second kappa shape index (κ2) is 5.98. The van der Waals surface area contributed by atoms with Crippen molar-refractivity contribution in [2.75, 3.05) is 13.4 Å². The van der Waals surface area contributed by atoms with Crippen LogP contribution in [0.4, 0.5) is 10.1 Å². The Balaban J connectivity index is 3.11. The zero-order valence-electron chi connectivity index (χ0n) is 8.82. The van der Waals surface area contributed by atoms with Gasteiger partial charge in [-0.15, -0.1) is 0 Å². The molecule has 0 unspecified atom stereocenters. The maximum absolute atomic E-state index is 13.0. The predicted octanol–water partition coefficient (Wildman–Crippen LogP) is 2.26. The minimum atomic E-state index is -0.406. The second-order valence-electron chi connectivity index (χ2n) is 2.67. The van der Waals surface area contributed by atoms with Crippen LogP contribution in [0, 0.1) is 17.3 Å². The Morgan fingerprint density at radius 1 is 1.62 bits per heavy atom. The Bertz CT molecular complexity index is 442. The average Bonchev–Trinajstić information content (AvgIpc) is 2.29. The van der Waals surface area contributed by atoms with Crippen LogP contribution < -0.4 is 10.1 Å². The Kier molecular flexibility index (Phi) is 4.61. The van der Waals surface area contributed by atoms with Crippen LogP contribution in [0.5, 0.6) is 5.75 Å². The molecule has 1 aromatic carbocycles. The van der Waals surface area contributed by atoms with Gasteiger partial charge < -0.3 is 4.74 Å². The first-order valence-electron chi connectivity index (χ1n) is 4.32. The van der Waals surface area contributed by atoms with Gasteiger partial charge in [-0.25, -0.2) is 9.38 Å². The monoisotopic (exact) mass is 239 g/mol. The number of methoxy groups -OCH3 is 1. The van der Waals surface area contributed by atoms with Gasteiger partial charge in [-0.3, -0.25) is 5.32 Å². The van der Waals surface area contributed by atoms with E-state index in [9.17, 15) is 4.39 Å². The third-order valence-electron chi connectivity index (χ3n) is 1.72. The zero-order chi connectivity index (χ0) is 12.0. The van der Waals surface area contributed by atoms with Crippen molar-refractivity contribution in [2.24, 2.45) is 4.99 Å². The summed E-state index contributed by atoms with van der Waals surface area (Å²) in [6.45, 7) is 0. The van der Waals surface area contributed by atoms with Crippen LogP contribution >= 0.6 is 11.8 Å². The normalized spacial score (nSPS) is 10.8. The lowest BCUT2D eigenvalue weighted by atomic mass is 10.3. The van der Waals surface area contributed by atoms with E-state index in [1.54, 1.807) is 12.4 Å². The molecule has 0 bridgehead atoms. The summed E-state index contributed by atoms with van der Waals surface area (Å²) in [5.74, 6) is 0.0460. The minimum Gasteiger partial charge on any atom is -0.494 e. The van der Waals surface area contributed by atoms with Crippen molar-refractivity contribution in [3.63, 3.8) is 0 Å². The molecule has 0 aliphatic carbocycles. The van der Waals surface area contributed by atoms with Crippen LogP contribution in [0.15, 0.2) is 23.2 Å². The number of hydrogen-bond acceptors (Lipinski definition) is 4. The molecule has 1 rings (SSSR count). The number of nitrogens with zero attached hydrogens (tertiary/aromatic N) is 2. The molecule has 0 amide bonds. The summed E-state index contributed by atoms with van der Waals surface area (Å²) in [7, 11) is 1.47. The highest BCUT2D eigenvalue weighted by Crippen LogP contribution is 2.28. The van der Waals surface area contributed by atoms with Gasteiger partial charge in [-0.2, -0.15) is 5.26 Å². The van der Waals surface area contributed by atoms with Gasteiger partial charge in [0.05, 0.1) is 7.11 Å². The lowest BCUT2D eigenvalue weighted by molar-refractivity contribution is 0.415. The largest absolute Gasteiger partial charge is 0.494 e. The molecule has 0 atom stereocenters. The van der Waals surface area contributed by atoms with Crippen molar-refractivity contribution in [3.8, 4) is 11.9 Å². The number of nitriles is 1. The fourth-order valence-electron chi connectivity index (χ4n) is 1.03. The SMILES string of the molecule is COc1ccc(F)cc1N=C(NC#N)SC. The lowest BCUT2D eigenvalue weighted by Crippen LogP contribution is -2.12. The number of rotatable bonds is 2. The Labute approximate surface area is 97.1 Å². The van der Waals surface area contributed by atoms with E-state index >= 15 is 0 Å². The smallest absolute Gasteiger partial charge is 0.183 e. The van der Waals surface area contributed by atoms with Crippen LogP contribution in [0.25, 0.3) is 0 Å². The fourth-order valence-corrected chi connectivity index (χ4v) is 1.37. The average molecular weight is 239 g/mol. The number of hydrogen-bond donors (Lipinski definition) is 1. The van der Waals surface area contributed by atoms with E-state index in [0.717, 1.165) is 0 Å². The molecule has 0 aliphatic heterocycles. The molecule has 0 fully saturated rings. The first kappa shape index (κ1) is 12.3. The van der Waals surface area contributed by atoms with Crippen LogP contribution in [0.3, 0.4) is 0 Å². The molecule has 0 spiro atoms. The minimum absolute atomic E-state index is 0.342. The summed E-state index contributed by atoms with van der Waals surface area (Å²) in [6, 6.07) is 4.01. The highest BCUT2D eigenvalue weighted by Gasteiger charge is 2.05. The van der Waals surface area contributed by atoms with Gasteiger partial charge in [-0.05, 0) is 18.4 Å². The highest BCUT2D eigenvalue weighted by atomic mass is 32.2. The van der Waals surface area contributed by atoms with Crippen molar-refractivity contribution in [3.05, 3.63) is 24.0 Å². The number of ether oxygens (including phenoxy) is 1. The molecule has 1 aromatic rings. The number of halogens is 1. The van der Waals surface area contributed by atoms with E-state index < -0.39 is 5.82 Å². The summed E-state index contributed by atoms with van der Waals surface area (Å²) in [5.41, 5.74) is 0.342. The van der Waals surface area contributed by atoms with Crippen molar-refractivity contribution < 1.29 is 9.13 Å². The van der Waals surface area contributed by atoms with E-state index in [1.807, 2.05) is 0 Å². The summed E-state index contributed by atoms with van der Waals surface area (Å²) in [4.78, 5) is 4.08. The maximum Gasteiger partial charge on any atom is 0.183 e. The van der Waals surface area contributed by atoms with Crippen molar-refractivity contribution in [2.45, 2.75) is 0 Å². The van der Waals surface area contributed by atoms with Crippen LogP contribution in [-0.4, -0.2) is 18.5 Å². The van der Waals surface area contributed by atoms with Gasteiger partial charge in [0, 0.05) is 6.07 Å². The summed E-state index contributed by atoms with van der Waals surface area (Å²) >= 11 is 1.25. The molecular formula is C10H10FN3OS. The number of nitrogens with one attached hydrogen (secondary N) is 1. The molecule has 4 nitrogen and oxygen atoms in total. The van der Waals surface area contributed by atoms with E-state index in [0.29, 0.717) is 16.6 Å². The van der Waals surface area contributed by atoms with Gasteiger partial charge in [0.1, 0.15) is 17.3 Å². The maximum atomic E-state index is 13.0. The molecule has 84 valence electrons. The van der Waals surface area contributed by atoms with Gasteiger partial charge >= 0.3 is 0 Å². The molecule has 0 radical (unpaired) electrons. The van der Waals surface area contributed by atoms with E-state index in [2.05, 4.69) is 10.3 Å². The molecule has 0 aliphatic rings. The topological polar surface area (TPSA) is 57.4 Å². The molecule has 6 heteroatoms. The lowest BCUT2D eigenvalue weighted by Gasteiger charge is -2.05. The Morgan fingerprint density at radius 3 is 2.94 bits per heavy atom. The highest BCUT2D eigenvalue weighted by molar-refractivity contribution is 8.13. The molecule has 0 aromatic heterocycles. The Hall–Kier alpha value is -1.74. The summed E-state index contributed by atoms with van der Waals surface area (Å²) in [5, 5.41) is 11.2. The quantitative estimate of drug-likeness (QED) is 0.372. The molecule has 0 saturated heterocycles. The van der Waals surface area contributed by atoms with E-state index in [4.69, 9.17) is 10.00 Å². The van der Waals surface area contributed by atoms with Crippen LogP contribution in [-0.2, 0) is 0 Å². The Morgan fingerprint density at radius 2 is 2.38 bits per heavy atom. The third kappa shape index (κ3) is 3.14. The molecule has 1 N–H and O–H groups in total. The number of benzene rings is 1. The molecular weight excluding hydrogens is 229 g/mol. The van der Waals surface area contributed by atoms with Crippen LogP contribution in [0.2, 0.25) is 0 Å². The fraction of sp³-hybridized carbons (Fsp3) is 0.200. The first-order valence-corrected chi connectivity index (χ1v) is 5.55. The third-order valence-corrected chi connectivity index (χ3v) is 2.30. The van der Waals surface area contributed by atoms with Crippen molar-refractivity contribution >= 4 is 22.6 Å².